The Balaban J connectivity index is 0.000000494. The number of aliphatic carboxylic acids is 1. The Morgan fingerprint density at radius 3 is 2.26 bits per heavy atom. The topological polar surface area (TPSA) is 137 Å². The minimum absolute atomic E-state index is 0.00420. The second-order valence-corrected chi connectivity index (χ2v) is 10.5. The highest BCUT2D eigenvalue weighted by atomic mass is 32.2. The number of carbonyl (C=O) groups is 2. The molecule has 3 aromatic carbocycles. The van der Waals surface area contributed by atoms with Gasteiger partial charge in [0.1, 0.15) is 6.04 Å². The lowest BCUT2D eigenvalue weighted by Gasteiger charge is -2.15. The molecule has 1 unspecified atom stereocenters. The van der Waals surface area contributed by atoms with Crippen molar-refractivity contribution in [3.8, 4) is 0 Å². The summed E-state index contributed by atoms with van der Waals surface area (Å²) in [6.07, 6.45) is 1.14. The van der Waals surface area contributed by atoms with Gasteiger partial charge >= 0.3 is 5.97 Å². The summed E-state index contributed by atoms with van der Waals surface area (Å²) < 4.78 is 27.1. The highest BCUT2D eigenvalue weighted by Gasteiger charge is 2.25. The van der Waals surface area contributed by atoms with Crippen molar-refractivity contribution >= 4 is 33.4 Å². The molecule has 0 aromatic heterocycles. The molecule has 0 saturated heterocycles. The Labute approximate surface area is 223 Å². The van der Waals surface area contributed by atoms with E-state index in [4.69, 9.17) is 0 Å². The molecule has 10 heteroatoms. The fraction of sp³-hybridized carbons (Fsp3) is 0.250. The number of benzene rings is 3. The summed E-state index contributed by atoms with van der Waals surface area (Å²) in [6.45, 7) is 6.02. The van der Waals surface area contributed by atoms with Crippen molar-refractivity contribution in [2.75, 3.05) is 18.4 Å². The second kappa shape index (κ2) is 13.5. The van der Waals surface area contributed by atoms with Crippen molar-refractivity contribution in [3.63, 3.8) is 0 Å². The first-order chi connectivity index (χ1) is 18.1. The van der Waals surface area contributed by atoms with E-state index >= 15 is 0 Å². The molecule has 0 radical (unpaired) electrons. The first kappa shape index (κ1) is 28.5. The average Bonchev–Trinajstić information content (AvgIpc) is 2.90. The van der Waals surface area contributed by atoms with Gasteiger partial charge in [0.05, 0.1) is 10.7 Å². The number of hydrogen-bond acceptors (Lipinski definition) is 6. The number of nitrogens with zero attached hydrogens (tertiary/aromatic N) is 1. The normalized spacial score (nSPS) is 13.7. The van der Waals surface area contributed by atoms with Gasteiger partial charge in [-0.3, -0.25) is 14.6 Å². The zero-order valence-corrected chi connectivity index (χ0v) is 22.2. The molecule has 1 amide bonds. The van der Waals surface area contributed by atoms with Crippen LogP contribution in [-0.4, -0.2) is 50.4 Å². The molecule has 1 atom stereocenters. The number of nitrogens with one attached hydrogen (secondary N) is 3. The fourth-order valence-corrected chi connectivity index (χ4v) is 4.85. The first-order valence-electron chi connectivity index (χ1n) is 12.2. The van der Waals surface area contributed by atoms with Gasteiger partial charge < -0.3 is 15.7 Å². The average molecular weight is 537 g/mol. The van der Waals surface area contributed by atoms with Crippen LogP contribution in [0.15, 0.2) is 88.8 Å². The van der Waals surface area contributed by atoms with E-state index in [1.54, 1.807) is 60.7 Å². The number of carbonyl (C=O) groups excluding carboxylic acids is 1. The molecular weight excluding hydrogens is 504 g/mol. The van der Waals surface area contributed by atoms with Crippen LogP contribution in [-0.2, 0) is 21.2 Å². The van der Waals surface area contributed by atoms with Gasteiger partial charge in [0.25, 0.3) is 5.91 Å². The molecular formula is C28H32N4O5S. The summed E-state index contributed by atoms with van der Waals surface area (Å²) in [6, 6.07) is 20.0. The largest absolute Gasteiger partial charge is 0.480 e. The molecule has 1 aliphatic rings. The van der Waals surface area contributed by atoms with Gasteiger partial charge in [0.2, 0.25) is 10.0 Å². The second-order valence-electron chi connectivity index (χ2n) is 8.80. The number of rotatable bonds is 8. The minimum atomic E-state index is -3.97. The quantitative estimate of drug-likeness (QED) is 0.347. The molecule has 4 rings (SSSR count). The Bertz CT molecular complexity index is 1370. The van der Waals surface area contributed by atoms with Crippen molar-refractivity contribution in [2.24, 2.45) is 4.99 Å². The van der Waals surface area contributed by atoms with Gasteiger partial charge in [-0.05, 0) is 68.7 Å². The van der Waals surface area contributed by atoms with Crippen LogP contribution in [0.2, 0.25) is 0 Å². The number of anilines is 1. The summed E-state index contributed by atoms with van der Waals surface area (Å²) in [5, 5.41) is 15.4. The van der Waals surface area contributed by atoms with E-state index in [1.165, 1.54) is 18.6 Å². The fourth-order valence-electron chi connectivity index (χ4n) is 3.63. The van der Waals surface area contributed by atoms with E-state index in [0.29, 0.717) is 16.8 Å². The molecule has 0 fully saturated rings. The summed E-state index contributed by atoms with van der Waals surface area (Å²) in [7, 11) is -3.97. The number of amidine groups is 1. The standard InChI is InChI=1S/C23H22N2O5S.C5H10N2/c1-16-6-5-7-18(14-16)22(26)24-19-12-10-17(11-13-19)15-21(23(27)28)25-31(29,30)20-8-3-2-4-9-20;1-5-6-3-2-4-7-5/h2-14,21,25H,15H2,1H3,(H,24,26)(H,27,28);2-4H2,1H3,(H,6,7). The van der Waals surface area contributed by atoms with Gasteiger partial charge in [-0.25, -0.2) is 8.42 Å². The van der Waals surface area contributed by atoms with E-state index in [9.17, 15) is 23.1 Å². The smallest absolute Gasteiger partial charge is 0.322 e. The summed E-state index contributed by atoms with van der Waals surface area (Å²) in [5.41, 5.74) is 2.66. The third-order valence-electron chi connectivity index (χ3n) is 5.65. The molecule has 1 aliphatic heterocycles. The van der Waals surface area contributed by atoms with Gasteiger partial charge in [-0.1, -0.05) is 48.0 Å². The maximum atomic E-state index is 12.4. The molecule has 0 bridgehead atoms. The monoisotopic (exact) mass is 536 g/mol. The van der Waals surface area contributed by atoms with Gasteiger partial charge in [-0.2, -0.15) is 4.72 Å². The number of sulfonamides is 1. The summed E-state index contributed by atoms with van der Waals surface area (Å²) in [5.74, 6) is -0.446. The third kappa shape index (κ3) is 8.82. The van der Waals surface area contributed by atoms with Crippen molar-refractivity contribution in [1.82, 2.24) is 10.0 Å². The lowest BCUT2D eigenvalue weighted by Crippen LogP contribution is -2.42. The van der Waals surface area contributed by atoms with Gasteiger partial charge in [-0.15, -0.1) is 0 Å². The van der Waals surface area contributed by atoms with Crippen molar-refractivity contribution in [3.05, 3.63) is 95.6 Å². The predicted octanol–water partition coefficient (Wildman–Crippen LogP) is 3.62. The van der Waals surface area contributed by atoms with Gasteiger partial charge in [0, 0.05) is 24.3 Å². The van der Waals surface area contributed by atoms with E-state index in [2.05, 4.69) is 20.3 Å². The Hall–Kier alpha value is -4.02. The van der Waals surface area contributed by atoms with E-state index < -0.39 is 22.0 Å². The van der Waals surface area contributed by atoms with Crippen molar-refractivity contribution < 1.29 is 23.1 Å². The Morgan fingerprint density at radius 2 is 1.71 bits per heavy atom. The van der Waals surface area contributed by atoms with Crippen LogP contribution in [0, 0.1) is 6.92 Å². The number of amides is 1. The zero-order valence-electron chi connectivity index (χ0n) is 21.3. The highest BCUT2D eigenvalue weighted by Crippen LogP contribution is 2.15. The van der Waals surface area contributed by atoms with Crippen LogP contribution in [0.1, 0.15) is 34.8 Å². The molecule has 0 spiro atoms. The number of aryl methyl sites for hydroxylation is 1. The maximum Gasteiger partial charge on any atom is 0.322 e. The number of hydrogen-bond donors (Lipinski definition) is 4. The predicted molar refractivity (Wildman–Crippen MR) is 148 cm³/mol. The SMILES string of the molecule is CC1=NCCCN1.Cc1cccc(C(=O)Nc2ccc(CC(NS(=O)(=O)c3ccccc3)C(=O)O)cc2)c1. The van der Waals surface area contributed by atoms with Crippen LogP contribution in [0.4, 0.5) is 5.69 Å². The number of carboxylic acids is 1. The minimum Gasteiger partial charge on any atom is -0.480 e. The molecule has 4 N–H and O–H groups in total. The third-order valence-corrected chi connectivity index (χ3v) is 7.13. The summed E-state index contributed by atoms with van der Waals surface area (Å²) in [4.78, 5) is 28.1. The molecule has 3 aromatic rings. The van der Waals surface area contributed by atoms with E-state index in [-0.39, 0.29) is 17.2 Å². The number of carboxylic acid groups (broad SMARTS) is 1. The van der Waals surface area contributed by atoms with Crippen LogP contribution in [0.3, 0.4) is 0 Å². The lowest BCUT2D eigenvalue weighted by atomic mass is 10.1. The summed E-state index contributed by atoms with van der Waals surface area (Å²) >= 11 is 0. The Morgan fingerprint density at radius 1 is 1.00 bits per heavy atom. The van der Waals surface area contributed by atoms with E-state index in [0.717, 1.165) is 24.5 Å². The van der Waals surface area contributed by atoms with E-state index in [1.807, 2.05) is 19.9 Å². The van der Waals surface area contributed by atoms with Crippen LogP contribution >= 0.6 is 0 Å². The lowest BCUT2D eigenvalue weighted by molar-refractivity contribution is -0.138. The maximum absolute atomic E-state index is 12.4. The van der Waals surface area contributed by atoms with Crippen LogP contribution < -0.4 is 15.4 Å². The molecule has 0 aliphatic carbocycles. The van der Waals surface area contributed by atoms with Crippen LogP contribution in [0.5, 0.6) is 0 Å². The molecule has 200 valence electrons. The molecule has 9 nitrogen and oxygen atoms in total. The van der Waals surface area contributed by atoms with Crippen molar-refractivity contribution in [1.29, 1.82) is 0 Å². The van der Waals surface area contributed by atoms with Crippen molar-refractivity contribution in [2.45, 2.75) is 37.6 Å². The molecule has 38 heavy (non-hydrogen) atoms. The molecule has 0 saturated carbocycles. The zero-order chi connectivity index (χ0) is 27.5. The highest BCUT2D eigenvalue weighted by molar-refractivity contribution is 7.89. The molecule has 1 heterocycles. The number of aliphatic imine (C=N–C) groups is 1. The first-order valence-corrected chi connectivity index (χ1v) is 13.6. The van der Waals surface area contributed by atoms with Crippen LogP contribution in [0.25, 0.3) is 0 Å². The Kier molecular flexibility index (Phi) is 10.1. The van der Waals surface area contributed by atoms with Gasteiger partial charge in [0.15, 0.2) is 0 Å².